The number of hydrogen-bond acceptors (Lipinski definition) is 6. The molecule has 0 aliphatic rings. The molecule has 2 N–H and O–H groups in total. The fourth-order valence-corrected chi connectivity index (χ4v) is 3.15. The number of benzene rings is 2. The number of aryl methyl sites for hydroxylation is 1. The number of methoxy groups -OCH3 is 4. The standard InChI is InChI=1S/C24H35N3O5.HI/c1-17-8-9-19(20(12-17)32-11-7-10-28-3)16-27-24(25-2)26-15-18-13-21(29-4)23(31-6)22(14-18)30-5;/h8-9,12-14H,7,10-11,15-16H2,1-6H3,(H2,25,26,27);1H. The van der Waals surface area contributed by atoms with Crippen molar-refractivity contribution in [2.45, 2.75) is 26.4 Å². The first kappa shape index (κ1) is 28.6. The highest BCUT2D eigenvalue weighted by Gasteiger charge is 2.13. The van der Waals surface area contributed by atoms with Crippen LogP contribution in [-0.4, -0.2) is 54.7 Å². The third kappa shape index (κ3) is 8.81. The topological polar surface area (TPSA) is 82.6 Å². The molecular formula is C24H36IN3O5. The zero-order valence-corrected chi connectivity index (χ0v) is 22.6. The second kappa shape index (κ2) is 15.4. The molecule has 0 spiro atoms. The Labute approximate surface area is 214 Å². The van der Waals surface area contributed by atoms with Gasteiger partial charge in [0.05, 0.1) is 27.9 Å². The van der Waals surface area contributed by atoms with Crippen molar-refractivity contribution in [3.05, 3.63) is 47.0 Å². The molecule has 0 atom stereocenters. The molecule has 0 aliphatic heterocycles. The van der Waals surface area contributed by atoms with Crippen LogP contribution in [-0.2, 0) is 17.8 Å². The molecule has 0 fully saturated rings. The zero-order valence-electron chi connectivity index (χ0n) is 20.3. The fraction of sp³-hybridized carbons (Fsp3) is 0.458. The van der Waals surface area contributed by atoms with Gasteiger partial charge in [0, 0.05) is 45.8 Å². The van der Waals surface area contributed by atoms with Crippen LogP contribution in [0.4, 0.5) is 0 Å². The molecule has 0 saturated carbocycles. The van der Waals surface area contributed by atoms with E-state index in [4.69, 9.17) is 23.7 Å². The smallest absolute Gasteiger partial charge is 0.203 e. The fourth-order valence-electron chi connectivity index (χ4n) is 3.15. The minimum atomic E-state index is 0. The predicted octanol–water partition coefficient (Wildman–Crippen LogP) is 3.92. The molecule has 184 valence electrons. The highest BCUT2D eigenvalue weighted by atomic mass is 127. The molecule has 0 saturated heterocycles. The van der Waals surface area contributed by atoms with Crippen molar-refractivity contribution in [2.75, 3.05) is 48.7 Å². The Bertz CT molecular complexity index is 867. The Morgan fingerprint density at radius 3 is 2.09 bits per heavy atom. The SMILES string of the molecule is CN=C(NCc1cc(OC)c(OC)c(OC)c1)NCc1ccc(C)cc1OCCCOC.I. The first-order valence-corrected chi connectivity index (χ1v) is 10.5. The molecule has 8 nitrogen and oxygen atoms in total. The first-order chi connectivity index (χ1) is 15.6. The predicted molar refractivity (Wildman–Crippen MR) is 142 cm³/mol. The van der Waals surface area contributed by atoms with Gasteiger partial charge in [-0.1, -0.05) is 12.1 Å². The zero-order chi connectivity index (χ0) is 23.3. The van der Waals surface area contributed by atoms with Crippen LogP contribution < -0.4 is 29.6 Å². The van der Waals surface area contributed by atoms with Gasteiger partial charge in [0.15, 0.2) is 17.5 Å². The third-order valence-corrected chi connectivity index (χ3v) is 4.83. The molecule has 2 rings (SSSR count). The largest absolute Gasteiger partial charge is 0.493 e. The molecule has 0 unspecified atom stereocenters. The highest BCUT2D eigenvalue weighted by Crippen LogP contribution is 2.38. The Morgan fingerprint density at radius 1 is 0.848 bits per heavy atom. The van der Waals surface area contributed by atoms with E-state index < -0.39 is 0 Å². The molecule has 0 heterocycles. The van der Waals surface area contributed by atoms with Crippen molar-refractivity contribution in [3.63, 3.8) is 0 Å². The lowest BCUT2D eigenvalue weighted by atomic mass is 10.1. The van der Waals surface area contributed by atoms with Crippen LogP contribution >= 0.6 is 24.0 Å². The van der Waals surface area contributed by atoms with Crippen LogP contribution in [0.25, 0.3) is 0 Å². The lowest BCUT2D eigenvalue weighted by Gasteiger charge is -2.17. The van der Waals surface area contributed by atoms with Crippen molar-refractivity contribution >= 4 is 29.9 Å². The summed E-state index contributed by atoms with van der Waals surface area (Å²) in [6.45, 7) is 4.45. The highest BCUT2D eigenvalue weighted by molar-refractivity contribution is 14.0. The van der Waals surface area contributed by atoms with E-state index in [9.17, 15) is 0 Å². The van der Waals surface area contributed by atoms with E-state index in [1.807, 2.05) is 12.1 Å². The summed E-state index contributed by atoms with van der Waals surface area (Å²) in [4.78, 5) is 4.32. The number of ether oxygens (including phenoxy) is 5. The van der Waals surface area contributed by atoms with Crippen LogP contribution in [0, 0.1) is 6.92 Å². The van der Waals surface area contributed by atoms with Gasteiger partial charge in [0.25, 0.3) is 0 Å². The summed E-state index contributed by atoms with van der Waals surface area (Å²) in [5.41, 5.74) is 3.18. The van der Waals surface area contributed by atoms with E-state index in [-0.39, 0.29) is 24.0 Å². The Kier molecular flexibility index (Phi) is 13.4. The number of nitrogens with zero attached hydrogens (tertiary/aromatic N) is 1. The molecule has 9 heteroatoms. The quantitative estimate of drug-likeness (QED) is 0.173. The Balaban J connectivity index is 0.00000544. The summed E-state index contributed by atoms with van der Waals surface area (Å²) < 4.78 is 27.3. The molecule has 2 aromatic rings. The monoisotopic (exact) mass is 573 g/mol. The molecule has 0 aliphatic carbocycles. The van der Waals surface area contributed by atoms with E-state index in [2.05, 4.69) is 40.7 Å². The lowest BCUT2D eigenvalue weighted by Crippen LogP contribution is -2.36. The lowest BCUT2D eigenvalue weighted by molar-refractivity contribution is 0.171. The Hall–Kier alpha value is -2.40. The number of rotatable bonds is 12. The summed E-state index contributed by atoms with van der Waals surface area (Å²) in [6, 6.07) is 10.0. The second-order valence-corrected chi connectivity index (χ2v) is 7.12. The number of aliphatic imine (C=N–C) groups is 1. The molecule has 33 heavy (non-hydrogen) atoms. The molecular weight excluding hydrogens is 537 g/mol. The van der Waals surface area contributed by atoms with Crippen LogP contribution in [0.3, 0.4) is 0 Å². The van der Waals surface area contributed by atoms with E-state index in [0.717, 1.165) is 28.9 Å². The second-order valence-electron chi connectivity index (χ2n) is 7.12. The van der Waals surface area contributed by atoms with Gasteiger partial charge in [-0.05, 0) is 36.2 Å². The number of halogens is 1. The summed E-state index contributed by atoms with van der Waals surface area (Å²) in [7, 11) is 8.22. The van der Waals surface area contributed by atoms with Crippen LogP contribution in [0.2, 0.25) is 0 Å². The van der Waals surface area contributed by atoms with Crippen LogP contribution in [0.5, 0.6) is 23.0 Å². The maximum atomic E-state index is 5.97. The maximum Gasteiger partial charge on any atom is 0.203 e. The van der Waals surface area contributed by atoms with E-state index in [0.29, 0.717) is 49.5 Å². The molecule has 0 aromatic heterocycles. The summed E-state index contributed by atoms with van der Waals surface area (Å²) in [5.74, 6) is 3.33. The van der Waals surface area contributed by atoms with Crippen molar-refractivity contribution in [1.29, 1.82) is 0 Å². The van der Waals surface area contributed by atoms with Gasteiger partial charge in [-0.2, -0.15) is 0 Å². The molecule has 2 aromatic carbocycles. The minimum absolute atomic E-state index is 0. The first-order valence-electron chi connectivity index (χ1n) is 10.5. The Morgan fingerprint density at radius 2 is 1.52 bits per heavy atom. The summed E-state index contributed by atoms with van der Waals surface area (Å²) >= 11 is 0. The van der Waals surface area contributed by atoms with Gasteiger partial charge in [-0.15, -0.1) is 24.0 Å². The van der Waals surface area contributed by atoms with Crippen molar-refractivity contribution < 1.29 is 23.7 Å². The van der Waals surface area contributed by atoms with E-state index >= 15 is 0 Å². The van der Waals surface area contributed by atoms with Crippen LogP contribution in [0.15, 0.2) is 35.3 Å². The van der Waals surface area contributed by atoms with Gasteiger partial charge in [-0.25, -0.2) is 0 Å². The van der Waals surface area contributed by atoms with Gasteiger partial charge in [-0.3, -0.25) is 4.99 Å². The van der Waals surface area contributed by atoms with Crippen molar-refractivity contribution in [1.82, 2.24) is 10.6 Å². The van der Waals surface area contributed by atoms with Crippen molar-refractivity contribution in [2.24, 2.45) is 4.99 Å². The van der Waals surface area contributed by atoms with Gasteiger partial charge >= 0.3 is 0 Å². The number of hydrogen-bond donors (Lipinski definition) is 2. The minimum Gasteiger partial charge on any atom is -0.493 e. The molecule has 0 radical (unpaired) electrons. The normalized spacial score (nSPS) is 10.8. The van der Waals surface area contributed by atoms with Crippen molar-refractivity contribution in [3.8, 4) is 23.0 Å². The number of nitrogens with one attached hydrogen (secondary N) is 2. The summed E-state index contributed by atoms with van der Waals surface area (Å²) in [6.07, 6.45) is 0.843. The molecule has 0 amide bonds. The van der Waals surface area contributed by atoms with Gasteiger partial charge in [0.1, 0.15) is 5.75 Å². The number of guanidine groups is 1. The van der Waals surface area contributed by atoms with Gasteiger partial charge < -0.3 is 34.3 Å². The van der Waals surface area contributed by atoms with Crippen LogP contribution in [0.1, 0.15) is 23.1 Å². The maximum absolute atomic E-state index is 5.97. The average molecular weight is 573 g/mol. The summed E-state index contributed by atoms with van der Waals surface area (Å²) in [5, 5.41) is 6.66. The third-order valence-electron chi connectivity index (χ3n) is 4.83. The average Bonchev–Trinajstić information content (AvgIpc) is 2.82. The van der Waals surface area contributed by atoms with E-state index in [1.54, 1.807) is 35.5 Å². The van der Waals surface area contributed by atoms with E-state index in [1.165, 1.54) is 0 Å². The molecule has 0 bridgehead atoms. The van der Waals surface area contributed by atoms with Gasteiger partial charge in [0.2, 0.25) is 5.75 Å².